The summed E-state index contributed by atoms with van der Waals surface area (Å²) >= 11 is 1.52. The second kappa shape index (κ2) is 4.15. The maximum Gasteiger partial charge on any atom is 0.264 e. The summed E-state index contributed by atoms with van der Waals surface area (Å²) in [6.07, 6.45) is 2.81. The smallest absolute Gasteiger partial charge is 0.264 e. The number of thioether (sulfide) groups is 1. The third kappa shape index (κ3) is 2.27. The maximum atomic E-state index is 10.2. The van der Waals surface area contributed by atoms with Crippen LogP contribution in [0, 0.1) is 10.1 Å². The van der Waals surface area contributed by atoms with E-state index in [4.69, 9.17) is 0 Å². The van der Waals surface area contributed by atoms with E-state index in [0.717, 1.165) is 23.5 Å². The molecule has 0 aromatic carbocycles. The van der Waals surface area contributed by atoms with Gasteiger partial charge < -0.3 is 4.90 Å². The monoisotopic (exact) mass is 186 g/mol. The quantitative estimate of drug-likeness (QED) is 0.378. The van der Waals surface area contributed by atoms with Gasteiger partial charge in [0.2, 0.25) is 0 Å². The van der Waals surface area contributed by atoms with Gasteiger partial charge in [-0.1, -0.05) is 6.08 Å². The molecule has 0 atom stereocenters. The minimum atomic E-state index is -0.413. The molecule has 5 heteroatoms. The van der Waals surface area contributed by atoms with Gasteiger partial charge >= 0.3 is 0 Å². The van der Waals surface area contributed by atoms with E-state index in [-0.39, 0.29) is 0 Å². The molecular weight excluding hydrogens is 176 g/mol. The first kappa shape index (κ1) is 9.12. The van der Waals surface area contributed by atoms with Gasteiger partial charge in [0.25, 0.3) is 6.20 Å². The molecule has 1 aliphatic rings. The predicted molar refractivity (Wildman–Crippen MR) is 49.3 cm³/mol. The predicted octanol–water partition coefficient (Wildman–Crippen LogP) is 1.30. The molecule has 1 heterocycles. The molecule has 1 rings (SSSR count). The Morgan fingerprint density at radius 2 is 2.58 bits per heavy atom. The van der Waals surface area contributed by atoms with Crippen LogP contribution in [0.15, 0.2) is 23.9 Å². The van der Waals surface area contributed by atoms with Crippen LogP contribution in [0.1, 0.15) is 0 Å². The molecule has 1 fully saturated rings. The average Bonchev–Trinajstić information content (AvgIpc) is 2.37. The van der Waals surface area contributed by atoms with E-state index < -0.39 is 4.92 Å². The van der Waals surface area contributed by atoms with Crippen molar-refractivity contribution in [3.8, 4) is 0 Å². The molecule has 0 saturated carbocycles. The fourth-order valence-electron chi connectivity index (χ4n) is 1.01. The lowest BCUT2D eigenvalue weighted by Gasteiger charge is -2.13. The van der Waals surface area contributed by atoms with Crippen molar-refractivity contribution in [2.24, 2.45) is 0 Å². The first-order valence-electron chi connectivity index (χ1n) is 3.58. The molecule has 0 amide bonds. The Bertz CT molecular complexity index is 227. The van der Waals surface area contributed by atoms with Crippen LogP contribution < -0.4 is 0 Å². The van der Waals surface area contributed by atoms with Crippen LogP contribution in [0.4, 0.5) is 0 Å². The summed E-state index contributed by atoms with van der Waals surface area (Å²) in [5.74, 6) is 0.924. The summed E-state index contributed by atoms with van der Waals surface area (Å²) in [5.41, 5.74) is 0. The lowest BCUT2D eigenvalue weighted by Crippen LogP contribution is -2.18. The molecule has 0 radical (unpaired) electrons. The molecule has 0 N–H and O–H groups in total. The summed E-state index contributed by atoms with van der Waals surface area (Å²) in [5, 5.41) is 10.9. The topological polar surface area (TPSA) is 46.4 Å². The molecule has 66 valence electrons. The van der Waals surface area contributed by atoms with E-state index in [9.17, 15) is 10.1 Å². The lowest BCUT2D eigenvalue weighted by atomic mass is 10.5. The molecule has 1 aliphatic heterocycles. The molecule has 0 unspecified atom stereocenters. The van der Waals surface area contributed by atoms with E-state index >= 15 is 0 Å². The van der Waals surface area contributed by atoms with Crippen molar-refractivity contribution >= 4 is 11.8 Å². The van der Waals surface area contributed by atoms with Crippen LogP contribution in [0.2, 0.25) is 0 Å². The van der Waals surface area contributed by atoms with Crippen LogP contribution in [0.3, 0.4) is 0 Å². The first-order chi connectivity index (χ1) is 5.74. The Balaban J connectivity index is 2.62. The Morgan fingerprint density at radius 3 is 3.17 bits per heavy atom. The highest BCUT2D eigenvalue weighted by atomic mass is 32.2. The minimum Gasteiger partial charge on any atom is -0.357 e. The molecule has 0 bridgehead atoms. The molecule has 0 aromatic heterocycles. The zero-order valence-electron chi connectivity index (χ0n) is 6.60. The van der Waals surface area contributed by atoms with Gasteiger partial charge in [0.15, 0.2) is 0 Å². The van der Waals surface area contributed by atoms with Gasteiger partial charge in [-0.05, 0) is 0 Å². The zero-order chi connectivity index (χ0) is 8.97. The van der Waals surface area contributed by atoms with Gasteiger partial charge in [-0.15, -0.1) is 18.3 Å². The van der Waals surface area contributed by atoms with E-state index in [1.807, 2.05) is 4.90 Å². The van der Waals surface area contributed by atoms with Crippen molar-refractivity contribution in [3.05, 3.63) is 34.0 Å². The van der Waals surface area contributed by atoms with Crippen LogP contribution in [0.25, 0.3) is 0 Å². The summed E-state index contributed by atoms with van der Waals surface area (Å²) in [7, 11) is 0. The molecule has 0 spiro atoms. The Kier molecular flexibility index (Phi) is 3.16. The Hall–Kier alpha value is -0.970. The van der Waals surface area contributed by atoms with Gasteiger partial charge in [-0.2, -0.15) is 0 Å². The zero-order valence-corrected chi connectivity index (χ0v) is 7.42. The second-order valence-corrected chi connectivity index (χ2v) is 3.45. The fourth-order valence-corrected chi connectivity index (χ4v) is 2.04. The van der Waals surface area contributed by atoms with Crippen molar-refractivity contribution in [1.29, 1.82) is 0 Å². The van der Waals surface area contributed by atoms with Crippen LogP contribution in [0.5, 0.6) is 0 Å². The average molecular weight is 186 g/mol. The molecule has 0 aliphatic carbocycles. The lowest BCUT2D eigenvalue weighted by molar-refractivity contribution is -0.403. The summed E-state index contributed by atoms with van der Waals surface area (Å²) in [6.45, 7) is 5.15. The number of hydrogen-bond acceptors (Lipinski definition) is 4. The highest BCUT2D eigenvalue weighted by molar-refractivity contribution is 8.03. The number of rotatable bonds is 3. The van der Waals surface area contributed by atoms with Crippen molar-refractivity contribution in [2.45, 2.75) is 0 Å². The number of nitro groups is 1. The van der Waals surface area contributed by atoms with Crippen molar-refractivity contribution in [1.82, 2.24) is 4.90 Å². The van der Waals surface area contributed by atoms with Gasteiger partial charge in [-0.3, -0.25) is 10.1 Å². The van der Waals surface area contributed by atoms with Gasteiger partial charge in [0.05, 0.1) is 4.92 Å². The molecule has 12 heavy (non-hydrogen) atoms. The molecular formula is C7H10N2O2S. The molecule has 0 aromatic rings. The van der Waals surface area contributed by atoms with Crippen LogP contribution in [-0.4, -0.2) is 28.7 Å². The highest BCUT2D eigenvalue weighted by Crippen LogP contribution is 2.26. The third-order valence-electron chi connectivity index (χ3n) is 1.49. The van der Waals surface area contributed by atoms with Crippen LogP contribution >= 0.6 is 11.8 Å². The number of hydrogen-bond donors (Lipinski definition) is 0. The summed E-state index contributed by atoms with van der Waals surface area (Å²) < 4.78 is 0. The summed E-state index contributed by atoms with van der Waals surface area (Å²) in [4.78, 5) is 11.7. The van der Waals surface area contributed by atoms with Gasteiger partial charge in [0, 0.05) is 18.8 Å². The van der Waals surface area contributed by atoms with Crippen molar-refractivity contribution in [3.63, 3.8) is 0 Å². The SMILES string of the molecule is C=CCN1CCS/C1=C/[N+](=O)[O-]. The van der Waals surface area contributed by atoms with Gasteiger partial charge in [-0.25, -0.2) is 0 Å². The third-order valence-corrected chi connectivity index (χ3v) is 2.53. The second-order valence-electron chi connectivity index (χ2n) is 2.34. The van der Waals surface area contributed by atoms with E-state index in [0.29, 0.717) is 6.54 Å². The fraction of sp³-hybridized carbons (Fsp3) is 0.429. The summed E-state index contributed by atoms with van der Waals surface area (Å²) in [6, 6.07) is 0. The van der Waals surface area contributed by atoms with Crippen molar-refractivity contribution < 1.29 is 4.92 Å². The Labute approximate surface area is 75.1 Å². The van der Waals surface area contributed by atoms with E-state index in [1.54, 1.807) is 6.08 Å². The Morgan fingerprint density at radius 1 is 1.83 bits per heavy atom. The van der Waals surface area contributed by atoms with Crippen molar-refractivity contribution in [2.75, 3.05) is 18.8 Å². The van der Waals surface area contributed by atoms with E-state index in [1.165, 1.54) is 11.8 Å². The highest BCUT2D eigenvalue weighted by Gasteiger charge is 2.18. The van der Waals surface area contributed by atoms with Crippen LogP contribution in [-0.2, 0) is 0 Å². The number of nitrogens with zero attached hydrogens (tertiary/aromatic N) is 2. The minimum absolute atomic E-state index is 0.413. The van der Waals surface area contributed by atoms with Gasteiger partial charge in [0.1, 0.15) is 5.03 Å². The normalized spacial score (nSPS) is 20.0. The molecule has 1 saturated heterocycles. The maximum absolute atomic E-state index is 10.2. The first-order valence-corrected chi connectivity index (χ1v) is 4.56. The molecule has 4 nitrogen and oxygen atoms in total. The largest absolute Gasteiger partial charge is 0.357 e. The van der Waals surface area contributed by atoms with E-state index in [2.05, 4.69) is 6.58 Å². The standard InChI is InChI=1S/C7H10N2O2S/c1-2-3-8-4-5-12-7(8)6-9(10)11/h2,6H,1,3-5H2/b7-6+.